The molecule has 38 heavy (non-hydrogen) atoms. The van der Waals surface area contributed by atoms with Gasteiger partial charge in [-0.2, -0.15) is 0 Å². The molecule has 0 spiro atoms. The molecule has 0 saturated carbocycles. The van der Waals surface area contributed by atoms with Crippen LogP contribution in [-0.2, 0) is 31.8 Å². The Kier molecular flexibility index (Phi) is 10.7. The summed E-state index contributed by atoms with van der Waals surface area (Å²) >= 11 is 0. The number of rotatable bonds is 18. The summed E-state index contributed by atoms with van der Waals surface area (Å²) in [4.78, 5) is 0. The molecule has 2 N–H and O–H groups in total. The number of aliphatic hydroxyl groups is 2. The van der Waals surface area contributed by atoms with Crippen molar-refractivity contribution in [2.24, 2.45) is 0 Å². The third-order valence-corrected chi connectivity index (χ3v) is 6.18. The van der Waals surface area contributed by atoms with Crippen LogP contribution >= 0.6 is 0 Å². The predicted molar refractivity (Wildman–Crippen MR) is 144 cm³/mol. The Hall–Kier alpha value is -2.72. The maximum atomic E-state index is 10.6. The molecule has 4 rings (SSSR count). The number of hydrogen-bond donors (Lipinski definition) is 2. The number of hydrogen-bond acceptors (Lipinski definition) is 8. The van der Waals surface area contributed by atoms with Gasteiger partial charge in [-0.1, -0.05) is 24.3 Å². The maximum Gasteiger partial charge on any atom is 0.145 e. The van der Waals surface area contributed by atoms with Gasteiger partial charge in [0.25, 0.3) is 0 Å². The molecule has 0 aliphatic carbocycles. The molecule has 2 heterocycles. The van der Waals surface area contributed by atoms with Crippen LogP contribution in [-0.4, -0.2) is 87.5 Å². The highest BCUT2D eigenvalue weighted by Gasteiger charge is 2.25. The second kappa shape index (κ2) is 14.4. The Bertz CT molecular complexity index is 1050. The van der Waals surface area contributed by atoms with Crippen molar-refractivity contribution < 1.29 is 38.6 Å². The standard InChI is InChI=1S/C30H38O8/c1-3-9-33-15-25(31)13-23-11-22(6-8-30(23)38-28-18-35-19-28)21-5-7-29(24(12-21)14-27-20-36-27)37-17-26(32)16-34-10-4-2/h3-8,11-12,25-28,31-32H,1-2,9-10,13-20H2. The minimum atomic E-state index is -0.738. The fourth-order valence-electron chi connectivity index (χ4n) is 4.11. The van der Waals surface area contributed by atoms with Crippen LogP contribution in [0.15, 0.2) is 61.7 Å². The van der Waals surface area contributed by atoms with E-state index in [4.69, 9.17) is 28.4 Å². The summed E-state index contributed by atoms with van der Waals surface area (Å²) in [6.45, 7) is 10.4. The summed E-state index contributed by atoms with van der Waals surface area (Å²) in [5.41, 5.74) is 3.92. The van der Waals surface area contributed by atoms with Gasteiger partial charge in [0.15, 0.2) is 0 Å². The minimum absolute atomic E-state index is 0.0212. The highest BCUT2D eigenvalue weighted by atomic mass is 16.6. The van der Waals surface area contributed by atoms with Crippen LogP contribution in [0, 0.1) is 0 Å². The molecular formula is C30H38O8. The summed E-state index contributed by atoms with van der Waals surface area (Å²) in [5.74, 6) is 1.45. The van der Waals surface area contributed by atoms with Gasteiger partial charge in [0.2, 0.25) is 0 Å². The van der Waals surface area contributed by atoms with Gasteiger partial charge in [-0.15, -0.1) is 13.2 Å². The molecule has 0 aromatic heterocycles. The second-order valence-electron chi connectivity index (χ2n) is 9.56. The zero-order valence-electron chi connectivity index (χ0n) is 21.8. The van der Waals surface area contributed by atoms with E-state index in [1.807, 2.05) is 24.3 Å². The molecule has 206 valence electrons. The van der Waals surface area contributed by atoms with Crippen molar-refractivity contribution in [1.82, 2.24) is 0 Å². The molecule has 2 aliphatic rings. The van der Waals surface area contributed by atoms with E-state index < -0.39 is 12.2 Å². The summed E-state index contributed by atoms with van der Waals surface area (Å²) in [6.07, 6.45) is 3.20. The third kappa shape index (κ3) is 8.66. The highest BCUT2D eigenvalue weighted by Crippen LogP contribution is 2.33. The SMILES string of the molecule is C=CCOCC(O)COc1ccc(-c2ccc(OC3COC3)c(CC(O)COCC=C)c2)cc1CC1CO1. The number of benzene rings is 2. The van der Waals surface area contributed by atoms with Crippen molar-refractivity contribution in [3.8, 4) is 22.6 Å². The van der Waals surface area contributed by atoms with Gasteiger partial charge in [0, 0.05) is 12.8 Å². The van der Waals surface area contributed by atoms with Gasteiger partial charge in [-0.25, -0.2) is 0 Å². The number of ether oxygens (including phenoxy) is 6. The van der Waals surface area contributed by atoms with Crippen LogP contribution in [0.3, 0.4) is 0 Å². The highest BCUT2D eigenvalue weighted by molar-refractivity contribution is 5.68. The van der Waals surface area contributed by atoms with E-state index in [1.54, 1.807) is 12.2 Å². The lowest BCUT2D eigenvalue weighted by molar-refractivity contribution is -0.0801. The first-order valence-corrected chi connectivity index (χ1v) is 13.0. The molecule has 3 atom stereocenters. The lowest BCUT2D eigenvalue weighted by atomic mass is 9.96. The Morgan fingerprint density at radius 3 is 2.08 bits per heavy atom. The van der Waals surface area contributed by atoms with Crippen molar-refractivity contribution in [2.45, 2.75) is 37.3 Å². The van der Waals surface area contributed by atoms with Gasteiger partial charge in [-0.3, -0.25) is 0 Å². The molecule has 2 fully saturated rings. The normalized spacial score (nSPS) is 18.3. The molecule has 0 bridgehead atoms. The monoisotopic (exact) mass is 526 g/mol. The molecule has 0 radical (unpaired) electrons. The van der Waals surface area contributed by atoms with Gasteiger partial charge in [0.05, 0.1) is 58.5 Å². The smallest absolute Gasteiger partial charge is 0.145 e. The average Bonchev–Trinajstić information content (AvgIpc) is 3.70. The fourth-order valence-corrected chi connectivity index (χ4v) is 4.11. The lowest BCUT2D eigenvalue weighted by Crippen LogP contribution is -2.38. The molecule has 0 amide bonds. The quantitative estimate of drug-likeness (QED) is 0.174. The van der Waals surface area contributed by atoms with Crippen LogP contribution in [0.25, 0.3) is 11.1 Å². The Morgan fingerprint density at radius 1 is 0.842 bits per heavy atom. The van der Waals surface area contributed by atoms with Crippen LogP contribution in [0.4, 0.5) is 0 Å². The Labute approximate surface area is 224 Å². The predicted octanol–water partition coefficient (Wildman–Crippen LogP) is 3.12. The van der Waals surface area contributed by atoms with E-state index in [-0.39, 0.29) is 32.0 Å². The van der Waals surface area contributed by atoms with Crippen molar-refractivity contribution in [1.29, 1.82) is 0 Å². The Balaban J connectivity index is 1.51. The summed E-state index contributed by atoms with van der Waals surface area (Å²) in [5, 5.41) is 20.7. The molecule has 2 aliphatic heterocycles. The van der Waals surface area contributed by atoms with Gasteiger partial charge in [-0.05, 0) is 46.5 Å². The van der Waals surface area contributed by atoms with Crippen molar-refractivity contribution in [2.75, 3.05) is 52.9 Å². The van der Waals surface area contributed by atoms with Crippen LogP contribution in [0.2, 0.25) is 0 Å². The second-order valence-corrected chi connectivity index (χ2v) is 9.56. The van der Waals surface area contributed by atoms with E-state index in [2.05, 4.69) is 25.3 Å². The molecule has 8 nitrogen and oxygen atoms in total. The third-order valence-electron chi connectivity index (χ3n) is 6.18. The Morgan fingerprint density at radius 2 is 1.47 bits per heavy atom. The molecule has 2 aromatic rings. The van der Waals surface area contributed by atoms with Crippen molar-refractivity contribution in [3.05, 3.63) is 72.8 Å². The first-order valence-electron chi connectivity index (χ1n) is 13.0. The zero-order chi connectivity index (χ0) is 26.7. The van der Waals surface area contributed by atoms with Gasteiger partial charge < -0.3 is 38.6 Å². The molecular weight excluding hydrogens is 488 g/mol. The minimum Gasteiger partial charge on any atom is -0.491 e. The van der Waals surface area contributed by atoms with Crippen LogP contribution < -0.4 is 9.47 Å². The van der Waals surface area contributed by atoms with Gasteiger partial charge >= 0.3 is 0 Å². The van der Waals surface area contributed by atoms with Gasteiger partial charge in [0.1, 0.15) is 30.3 Å². The van der Waals surface area contributed by atoms with E-state index in [9.17, 15) is 10.2 Å². The van der Waals surface area contributed by atoms with Crippen molar-refractivity contribution in [3.63, 3.8) is 0 Å². The molecule has 8 heteroatoms. The van der Waals surface area contributed by atoms with Crippen LogP contribution in [0.5, 0.6) is 11.5 Å². The lowest BCUT2D eigenvalue weighted by Gasteiger charge is -2.28. The zero-order valence-corrected chi connectivity index (χ0v) is 21.8. The fraction of sp³-hybridized carbons (Fsp3) is 0.467. The van der Waals surface area contributed by atoms with Crippen LogP contribution in [0.1, 0.15) is 11.1 Å². The maximum absolute atomic E-state index is 10.6. The molecule has 3 unspecified atom stereocenters. The molecule has 2 aromatic carbocycles. The van der Waals surface area contributed by atoms with Crippen molar-refractivity contribution >= 4 is 0 Å². The summed E-state index contributed by atoms with van der Waals surface area (Å²) in [7, 11) is 0. The number of epoxide rings is 1. The van der Waals surface area contributed by atoms with E-state index in [1.165, 1.54) is 0 Å². The van der Waals surface area contributed by atoms with E-state index in [0.717, 1.165) is 41.0 Å². The van der Waals surface area contributed by atoms with E-state index >= 15 is 0 Å². The largest absolute Gasteiger partial charge is 0.491 e. The van der Waals surface area contributed by atoms with E-state index in [0.29, 0.717) is 38.6 Å². The average molecular weight is 527 g/mol. The summed E-state index contributed by atoms with van der Waals surface area (Å²) < 4.78 is 33.6. The first kappa shape index (κ1) is 28.3. The summed E-state index contributed by atoms with van der Waals surface area (Å²) in [6, 6.07) is 12.1. The number of aliphatic hydroxyl groups excluding tert-OH is 2. The molecule has 2 saturated heterocycles. The topological polar surface area (TPSA) is 99.1 Å². The first-order chi connectivity index (χ1) is 18.6.